The first-order valence-corrected chi connectivity index (χ1v) is 7.48. The van der Waals surface area contributed by atoms with Crippen molar-refractivity contribution in [1.82, 2.24) is 4.98 Å². The first-order valence-electron chi connectivity index (χ1n) is 6.67. The number of carbonyl (C=O) groups excluding carboxylic acids is 1. The summed E-state index contributed by atoms with van der Waals surface area (Å²) in [7, 11) is 0. The highest BCUT2D eigenvalue weighted by molar-refractivity contribution is 7.22. The number of ether oxygens (including phenoxy) is 1. The predicted molar refractivity (Wildman–Crippen MR) is 84.9 cm³/mol. The van der Waals surface area contributed by atoms with Crippen molar-refractivity contribution < 1.29 is 13.9 Å². The molecular formula is C16H13FN2O2S. The summed E-state index contributed by atoms with van der Waals surface area (Å²) in [6, 6.07) is 11.8. The van der Waals surface area contributed by atoms with Crippen LogP contribution >= 0.6 is 11.3 Å². The van der Waals surface area contributed by atoms with Crippen LogP contribution in [0.1, 0.15) is 5.56 Å². The molecule has 0 saturated carbocycles. The molecule has 2 aromatic carbocycles. The van der Waals surface area contributed by atoms with E-state index in [1.165, 1.54) is 23.5 Å². The van der Waals surface area contributed by atoms with Crippen LogP contribution < -0.4 is 10.1 Å². The van der Waals surface area contributed by atoms with Gasteiger partial charge in [-0.3, -0.25) is 10.1 Å². The topological polar surface area (TPSA) is 51.2 Å². The molecule has 0 aliphatic heterocycles. The molecule has 0 saturated heterocycles. The summed E-state index contributed by atoms with van der Waals surface area (Å²) in [6.45, 7) is 1.70. The molecule has 0 aliphatic carbocycles. The lowest BCUT2D eigenvalue weighted by molar-refractivity contribution is -0.118. The van der Waals surface area contributed by atoms with Gasteiger partial charge in [-0.25, -0.2) is 9.37 Å². The van der Waals surface area contributed by atoms with Gasteiger partial charge in [0, 0.05) is 0 Å². The van der Waals surface area contributed by atoms with Gasteiger partial charge >= 0.3 is 0 Å². The summed E-state index contributed by atoms with van der Waals surface area (Å²) in [5.41, 5.74) is 1.93. The summed E-state index contributed by atoms with van der Waals surface area (Å²) in [4.78, 5) is 16.2. The standard InChI is InChI=1S/C16H13FN2O2S/c1-10-5-4-8-13-15(10)19-16(22-13)18-14(20)9-21-12-7-3-2-6-11(12)17/h2-8H,9H2,1H3,(H,18,19,20). The number of amides is 1. The van der Waals surface area contributed by atoms with Crippen LogP contribution in [0.2, 0.25) is 0 Å². The summed E-state index contributed by atoms with van der Waals surface area (Å²) >= 11 is 1.39. The van der Waals surface area contributed by atoms with Crippen molar-refractivity contribution in [1.29, 1.82) is 0 Å². The molecule has 4 nitrogen and oxygen atoms in total. The first-order chi connectivity index (χ1) is 10.6. The van der Waals surface area contributed by atoms with Gasteiger partial charge in [0.25, 0.3) is 5.91 Å². The quantitative estimate of drug-likeness (QED) is 0.797. The lowest BCUT2D eigenvalue weighted by Crippen LogP contribution is -2.20. The highest BCUT2D eigenvalue weighted by atomic mass is 32.1. The molecule has 1 heterocycles. The van der Waals surface area contributed by atoms with Gasteiger partial charge in [0.15, 0.2) is 23.3 Å². The molecule has 0 spiro atoms. The smallest absolute Gasteiger partial charge is 0.264 e. The molecule has 1 amide bonds. The first kappa shape index (κ1) is 14.5. The Morgan fingerprint density at radius 1 is 1.27 bits per heavy atom. The van der Waals surface area contributed by atoms with E-state index < -0.39 is 5.82 Å². The van der Waals surface area contributed by atoms with E-state index in [-0.39, 0.29) is 18.3 Å². The molecule has 0 fully saturated rings. The number of thiazole rings is 1. The van der Waals surface area contributed by atoms with E-state index in [0.717, 1.165) is 15.8 Å². The molecule has 6 heteroatoms. The second kappa shape index (κ2) is 6.11. The largest absolute Gasteiger partial charge is 0.481 e. The van der Waals surface area contributed by atoms with Crippen molar-refractivity contribution >= 4 is 32.6 Å². The minimum absolute atomic E-state index is 0.0535. The van der Waals surface area contributed by atoms with E-state index in [1.807, 2.05) is 25.1 Å². The van der Waals surface area contributed by atoms with Crippen molar-refractivity contribution in [3.63, 3.8) is 0 Å². The van der Waals surface area contributed by atoms with Crippen LogP contribution in [0, 0.1) is 12.7 Å². The summed E-state index contributed by atoms with van der Waals surface area (Å²) in [5, 5.41) is 3.18. The maximum atomic E-state index is 13.4. The Bertz CT molecular complexity index is 832. The fourth-order valence-corrected chi connectivity index (χ4v) is 2.96. The molecule has 3 aromatic rings. The van der Waals surface area contributed by atoms with Gasteiger partial charge in [0.1, 0.15) is 0 Å². The van der Waals surface area contributed by atoms with Crippen LogP contribution in [0.3, 0.4) is 0 Å². The van der Waals surface area contributed by atoms with Gasteiger partial charge in [0.05, 0.1) is 10.2 Å². The third-order valence-corrected chi connectivity index (χ3v) is 4.00. The SMILES string of the molecule is Cc1cccc2sc(NC(=O)COc3ccccc3F)nc12. The Morgan fingerprint density at radius 2 is 2.09 bits per heavy atom. The fourth-order valence-electron chi connectivity index (χ4n) is 2.00. The molecule has 112 valence electrons. The lowest BCUT2D eigenvalue weighted by atomic mass is 10.2. The number of anilines is 1. The number of rotatable bonds is 4. The molecule has 0 bridgehead atoms. The Morgan fingerprint density at radius 3 is 2.86 bits per heavy atom. The molecular weight excluding hydrogens is 303 g/mol. The molecule has 0 aliphatic rings. The number of aryl methyl sites for hydroxylation is 1. The zero-order valence-electron chi connectivity index (χ0n) is 11.8. The number of aromatic nitrogens is 1. The van der Waals surface area contributed by atoms with Crippen molar-refractivity contribution in [2.24, 2.45) is 0 Å². The van der Waals surface area contributed by atoms with Crippen molar-refractivity contribution in [2.45, 2.75) is 6.92 Å². The maximum Gasteiger partial charge on any atom is 0.264 e. The summed E-state index contributed by atoms with van der Waals surface area (Å²) in [6.07, 6.45) is 0. The third kappa shape index (κ3) is 3.07. The molecule has 0 atom stereocenters. The highest BCUT2D eigenvalue weighted by Crippen LogP contribution is 2.27. The van der Waals surface area contributed by atoms with Crippen LogP contribution in [0.15, 0.2) is 42.5 Å². The van der Waals surface area contributed by atoms with Crippen molar-refractivity contribution in [3.05, 3.63) is 53.8 Å². The Hall–Kier alpha value is -2.47. The molecule has 3 rings (SSSR count). The van der Waals surface area contributed by atoms with E-state index in [4.69, 9.17) is 4.74 Å². The van der Waals surface area contributed by atoms with Gasteiger partial charge in [-0.15, -0.1) is 0 Å². The van der Waals surface area contributed by atoms with E-state index in [1.54, 1.807) is 12.1 Å². The highest BCUT2D eigenvalue weighted by Gasteiger charge is 2.10. The monoisotopic (exact) mass is 316 g/mol. The Kier molecular flexibility index (Phi) is 4.02. The van der Waals surface area contributed by atoms with Crippen molar-refractivity contribution in [3.8, 4) is 5.75 Å². The molecule has 1 aromatic heterocycles. The number of halogens is 1. The second-order valence-electron chi connectivity index (χ2n) is 4.71. The van der Waals surface area contributed by atoms with Crippen LogP contribution in [0.25, 0.3) is 10.2 Å². The maximum absolute atomic E-state index is 13.4. The van der Waals surface area contributed by atoms with E-state index in [0.29, 0.717) is 5.13 Å². The number of para-hydroxylation sites is 2. The summed E-state index contributed by atoms with van der Waals surface area (Å²) < 4.78 is 19.5. The zero-order chi connectivity index (χ0) is 15.5. The van der Waals surface area contributed by atoms with E-state index in [9.17, 15) is 9.18 Å². The van der Waals surface area contributed by atoms with E-state index >= 15 is 0 Å². The van der Waals surface area contributed by atoms with Crippen LogP contribution in [0.4, 0.5) is 9.52 Å². The molecule has 22 heavy (non-hydrogen) atoms. The average Bonchev–Trinajstić information content (AvgIpc) is 2.90. The van der Waals surface area contributed by atoms with E-state index in [2.05, 4.69) is 10.3 Å². The van der Waals surface area contributed by atoms with Crippen molar-refractivity contribution in [2.75, 3.05) is 11.9 Å². The normalized spacial score (nSPS) is 10.6. The number of hydrogen-bond donors (Lipinski definition) is 1. The van der Waals surface area contributed by atoms with Gasteiger partial charge in [0.2, 0.25) is 0 Å². The number of benzene rings is 2. The number of nitrogens with one attached hydrogen (secondary N) is 1. The second-order valence-corrected chi connectivity index (χ2v) is 5.74. The molecule has 0 radical (unpaired) electrons. The average molecular weight is 316 g/mol. The van der Waals surface area contributed by atoms with Gasteiger partial charge < -0.3 is 4.74 Å². The Labute approximate surface area is 130 Å². The fraction of sp³-hybridized carbons (Fsp3) is 0.125. The van der Waals surface area contributed by atoms with Gasteiger partial charge in [-0.2, -0.15) is 0 Å². The lowest BCUT2D eigenvalue weighted by Gasteiger charge is -2.06. The third-order valence-electron chi connectivity index (χ3n) is 3.06. The number of hydrogen-bond acceptors (Lipinski definition) is 4. The minimum atomic E-state index is -0.495. The van der Waals surface area contributed by atoms with Crippen LogP contribution in [-0.4, -0.2) is 17.5 Å². The summed E-state index contributed by atoms with van der Waals surface area (Å²) in [5.74, 6) is -0.816. The van der Waals surface area contributed by atoms with Gasteiger partial charge in [-0.1, -0.05) is 35.6 Å². The Balaban J connectivity index is 1.66. The predicted octanol–water partition coefficient (Wildman–Crippen LogP) is 3.76. The number of carbonyl (C=O) groups is 1. The number of nitrogens with zero attached hydrogens (tertiary/aromatic N) is 1. The number of fused-ring (bicyclic) bond motifs is 1. The van der Waals surface area contributed by atoms with Gasteiger partial charge in [-0.05, 0) is 30.7 Å². The molecule has 0 unspecified atom stereocenters. The minimum Gasteiger partial charge on any atom is -0.481 e. The zero-order valence-corrected chi connectivity index (χ0v) is 12.6. The van der Waals surface area contributed by atoms with Crippen LogP contribution in [-0.2, 0) is 4.79 Å². The molecule has 1 N–H and O–H groups in total. The van der Waals surface area contributed by atoms with Crippen LogP contribution in [0.5, 0.6) is 5.75 Å².